The average Bonchev–Trinajstić information content (AvgIpc) is 3.55. The lowest BCUT2D eigenvalue weighted by molar-refractivity contribution is -0.127. The molecule has 2 aromatic rings. The number of piperazine rings is 1. The number of carbonyl (C=O) groups excluding carboxylic acids is 2. The van der Waals surface area contributed by atoms with Crippen LogP contribution in [-0.4, -0.2) is 69.1 Å². The largest absolute Gasteiger partial charge is 0.373 e. The number of aliphatic hydroxyl groups excluding tert-OH is 1. The van der Waals surface area contributed by atoms with E-state index in [0.717, 1.165) is 27.5 Å². The van der Waals surface area contributed by atoms with Crippen LogP contribution in [0.3, 0.4) is 0 Å². The highest BCUT2D eigenvalue weighted by Gasteiger charge is 2.30. The molecule has 1 aliphatic carbocycles. The Morgan fingerprint density at radius 1 is 1.26 bits per heavy atom. The number of hydrogen-bond donors (Lipinski definition) is 2. The molecule has 31 heavy (non-hydrogen) atoms. The molecule has 0 aromatic carbocycles. The van der Waals surface area contributed by atoms with E-state index in [9.17, 15) is 14.7 Å². The third-order valence-electron chi connectivity index (χ3n) is 5.36. The molecule has 1 saturated carbocycles. The van der Waals surface area contributed by atoms with E-state index < -0.39 is 6.23 Å². The standard InChI is InChI=1S/C21H25N5O3S2/c1-3-17(27)25-6-8-26(9-7-25)20(29)15-10-16(13(2)11-22-15)30-18-12-23-21(31-18)24-19(28)14-4-5-14/h3,10-12,14,19,28H,1,4-9H2,2H3,(H,23,24). The summed E-state index contributed by atoms with van der Waals surface area (Å²) in [5.74, 6) is 0.0850. The summed E-state index contributed by atoms with van der Waals surface area (Å²) in [6.45, 7) is 7.41. The summed E-state index contributed by atoms with van der Waals surface area (Å²) in [4.78, 5) is 37.7. The van der Waals surface area contributed by atoms with Crippen molar-refractivity contribution in [2.75, 3.05) is 31.5 Å². The van der Waals surface area contributed by atoms with Crippen molar-refractivity contribution in [2.24, 2.45) is 5.92 Å². The normalized spacial score (nSPS) is 17.4. The van der Waals surface area contributed by atoms with Gasteiger partial charge in [-0.3, -0.25) is 14.6 Å². The number of aliphatic hydroxyl groups is 1. The molecule has 8 nitrogen and oxygen atoms in total. The lowest BCUT2D eigenvalue weighted by Gasteiger charge is -2.34. The minimum absolute atomic E-state index is 0.109. The van der Waals surface area contributed by atoms with Crippen LogP contribution in [0, 0.1) is 12.8 Å². The third kappa shape index (κ3) is 5.25. The van der Waals surface area contributed by atoms with Gasteiger partial charge in [-0.2, -0.15) is 0 Å². The number of rotatable bonds is 7. The van der Waals surface area contributed by atoms with Crippen molar-refractivity contribution in [3.05, 3.63) is 42.4 Å². The summed E-state index contributed by atoms with van der Waals surface area (Å²) in [6.07, 6.45) is 6.34. The van der Waals surface area contributed by atoms with Crippen LogP contribution in [0.25, 0.3) is 0 Å². The number of aryl methyl sites for hydroxylation is 1. The van der Waals surface area contributed by atoms with Gasteiger partial charge in [-0.25, -0.2) is 4.98 Å². The molecule has 2 fully saturated rings. The summed E-state index contributed by atoms with van der Waals surface area (Å²) in [7, 11) is 0. The molecule has 4 rings (SSSR count). The van der Waals surface area contributed by atoms with Crippen LogP contribution >= 0.6 is 23.1 Å². The Labute approximate surface area is 189 Å². The highest BCUT2D eigenvalue weighted by molar-refractivity contribution is 8.01. The van der Waals surface area contributed by atoms with E-state index in [0.29, 0.717) is 42.9 Å². The topological polar surface area (TPSA) is 98.7 Å². The van der Waals surface area contributed by atoms with E-state index in [1.54, 1.807) is 22.2 Å². The predicted molar refractivity (Wildman–Crippen MR) is 120 cm³/mol. The zero-order valence-electron chi connectivity index (χ0n) is 17.3. The van der Waals surface area contributed by atoms with Gasteiger partial charge in [-0.15, -0.1) is 0 Å². The maximum absolute atomic E-state index is 12.9. The maximum atomic E-state index is 12.9. The molecule has 0 radical (unpaired) electrons. The lowest BCUT2D eigenvalue weighted by Crippen LogP contribution is -2.50. The van der Waals surface area contributed by atoms with Crippen LogP contribution in [0.1, 0.15) is 28.9 Å². The van der Waals surface area contributed by atoms with Crippen LogP contribution in [0.15, 0.2) is 40.2 Å². The Kier molecular flexibility index (Phi) is 6.59. The van der Waals surface area contributed by atoms with Crippen LogP contribution in [0.4, 0.5) is 5.13 Å². The lowest BCUT2D eigenvalue weighted by atomic mass is 10.2. The van der Waals surface area contributed by atoms with Gasteiger partial charge in [-0.1, -0.05) is 29.7 Å². The van der Waals surface area contributed by atoms with Crippen molar-refractivity contribution in [3.8, 4) is 0 Å². The molecule has 2 amide bonds. The van der Waals surface area contributed by atoms with Gasteiger partial charge in [0.25, 0.3) is 5.91 Å². The zero-order valence-corrected chi connectivity index (χ0v) is 18.9. The number of pyridine rings is 1. The van der Waals surface area contributed by atoms with E-state index in [1.165, 1.54) is 29.2 Å². The minimum atomic E-state index is -0.543. The SMILES string of the molecule is C=CC(=O)N1CCN(C(=O)c2cc(Sc3cnc(NC(O)C4CC4)s3)c(C)cn2)CC1. The Hall–Kier alpha value is -2.43. The smallest absolute Gasteiger partial charge is 0.272 e. The Morgan fingerprint density at radius 2 is 1.97 bits per heavy atom. The fourth-order valence-electron chi connectivity index (χ4n) is 3.29. The second-order valence-electron chi connectivity index (χ2n) is 7.67. The fourth-order valence-corrected chi connectivity index (χ4v) is 5.25. The van der Waals surface area contributed by atoms with Gasteiger partial charge >= 0.3 is 0 Å². The first-order valence-electron chi connectivity index (χ1n) is 10.2. The van der Waals surface area contributed by atoms with E-state index in [2.05, 4.69) is 21.9 Å². The predicted octanol–water partition coefficient (Wildman–Crippen LogP) is 2.61. The second-order valence-corrected chi connectivity index (χ2v) is 10.0. The highest BCUT2D eigenvalue weighted by atomic mass is 32.2. The van der Waals surface area contributed by atoms with Crippen LogP contribution in [0.2, 0.25) is 0 Å². The number of aromatic nitrogens is 2. The molecule has 0 spiro atoms. The molecule has 2 N–H and O–H groups in total. The third-order valence-corrected chi connectivity index (χ3v) is 7.55. The summed E-state index contributed by atoms with van der Waals surface area (Å²) < 4.78 is 0.967. The van der Waals surface area contributed by atoms with Gasteiger partial charge in [0.15, 0.2) is 5.13 Å². The van der Waals surface area contributed by atoms with E-state index in [-0.39, 0.29) is 11.8 Å². The molecule has 1 aliphatic heterocycles. The molecule has 1 saturated heterocycles. The molecular formula is C21H25N5O3S2. The van der Waals surface area contributed by atoms with Crippen LogP contribution < -0.4 is 5.32 Å². The number of nitrogens with one attached hydrogen (secondary N) is 1. The Bertz CT molecular complexity index is 983. The summed E-state index contributed by atoms with van der Waals surface area (Å²) in [6, 6.07) is 1.81. The molecular weight excluding hydrogens is 434 g/mol. The Balaban J connectivity index is 1.40. The monoisotopic (exact) mass is 459 g/mol. The first-order valence-corrected chi connectivity index (χ1v) is 11.8. The molecule has 164 valence electrons. The van der Waals surface area contributed by atoms with Gasteiger partial charge in [0.05, 0.1) is 10.4 Å². The second kappa shape index (κ2) is 9.37. The maximum Gasteiger partial charge on any atom is 0.272 e. The first-order chi connectivity index (χ1) is 14.9. The van der Waals surface area contributed by atoms with Gasteiger partial charge < -0.3 is 20.2 Å². The number of nitrogens with zero attached hydrogens (tertiary/aromatic N) is 4. The highest BCUT2D eigenvalue weighted by Crippen LogP contribution is 2.38. The Morgan fingerprint density at radius 3 is 2.65 bits per heavy atom. The van der Waals surface area contributed by atoms with Crippen molar-refractivity contribution >= 4 is 40.0 Å². The van der Waals surface area contributed by atoms with Crippen LogP contribution in [0.5, 0.6) is 0 Å². The molecule has 1 atom stereocenters. The van der Waals surface area contributed by atoms with E-state index in [1.807, 2.05) is 13.0 Å². The molecule has 3 heterocycles. The van der Waals surface area contributed by atoms with Crippen molar-refractivity contribution in [3.63, 3.8) is 0 Å². The minimum Gasteiger partial charge on any atom is -0.373 e. The number of hydrogen-bond acceptors (Lipinski definition) is 8. The van der Waals surface area contributed by atoms with Gasteiger partial charge in [0, 0.05) is 43.2 Å². The van der Waals surface area contributed by atoms with Crippen molar-refractivity contribution in [2.45, 2.75) is 35.1 Å². The molecule has 0 bridgehead atoms. The van der Waals surface area contributed by atoms with Gasteiger partial charge in [0.1, 0.15) is 11.9 Å². The first kappa shape index (κ1) is 21.8. The van der Waals surface area contributed by atoms with Crippen molar-refractivity contribution in [1.29, 1.82) is 0 Å². The van der Waals surface area contributed by atoms with Gasteiger partial charge in [-0.05, 0) is 37.5 Å². The molecule has 1 unspecified atom stereocenters. The fraction of sp³-hybridized carbons (Fsp3) is 0.429. The van der Waals surface area contributed by atoms with E-state index >= 15 is 0 Å². The molecule has 10 heteroatoms. The number of carbonyl (C=O) groups is 2. The molecule has 2 aromatic heterocycles. The quantitative estimate of drug-likeness (QED) is 0.485. The number of amides is 2. The number of anilines is 1. The average molecular weight is 460 g/mol. The summed E-state index contributed by atoms with van der Waals surface area (Å²) >= 11 is 3.01. The summed E-state index contributed by atoms with van der Waals surface area (Å²) in [5, 5.41) is 13.8. The zero-order chi connectivity index (χ0) is 22.0. The van der Waals surface area contributed by atoms with Crippen LogP contribution in [-0.2, 0) is 4.79 Å². The van der Waals surface area contributed by atoms with E-state index in [4.69, 9.17) is 0 Å². The number of thiazole rings is 1. The van der Waals surface area contributed by atoms with Crippen molar-refractivity contribution in [1.82, 2.24) is 19.8 Å². The summed E-state index contributed by atoms with van der Waals surface area (Å²) in [5.41, 5.74) is 1.37. The molecule has 2 aliphatic rings. The van der Waals surface area contributed by atoms with Crippen molar-refractivity contribution < 1.29 is 14.7 Å². The van der Waals surface area contributed by atoms with Gasteiger partial charge in [0.2, 0.25) is 5.91 Å².